The summed E-state index contributed by atoms with van der Waals surface area (Å²) in [5, 5.41) is 11.4. The van der Waals surface area contributed by atoms with Crippen molar-refractivity contribution in [3.8, 4) is 5.75 Å². The number of carbonyl (C=O) groups excluding carboxylic acids is 1. The van der Waals surface area contributed by atoms with E-state index < -0.39 is 0 Å². The van der Waals surface area contributed by atoms with Crippen LogP contribution in [0.1, 0.15) is 12.5 Å². The highest BCUT2D eigenvalue weighted by atomic mass is 32.2. The molecule has 1 aliphatic heterocycles. The second kappa shape index (κ2) is 3.17. The molecule has 0 aromatic heterocycles. The number of aromatic hydroxyl groups is 1. The molecule has 0 saturated carbocycles. The molecule has 0 radical (unpaired) electrons. The topological polar surface area (TPSA) is 37.3 Å². The van der Waals surface area contributed by atoms with Crippen molar-refractivity contribution in [2.75, 3.05) is 6.26 Å². The van der Waals surface area contributed by atoms with Crippen molar-refractivity contribution in [2.45, 2.75) is 11.8 Å². The van der Waals surface area contributed by atoms with Crippen LogP contribution in [-0.2, 0) is 4.79 Å². The molecule has 74 valence electrons. The molecular weight excluding hydrogens is 196 g/mol. The monoisotopic (exact) mass is 208 g/mol. The Bertz CT molecular complexity index is 435. The van der Waals surface area contributed by atoms with Crippen LogP contribution in [0.4, 0.5) is 0 Å². The van der Waals surface area contributed by atoms with Gasteiger partial charge in [-0.3, -0.25) is 4.79 Å². The smallest absolute Gasteiger partial charge is 0.160 e. The third kappa shape index (κ3) is 1.34. The number of fused-ring (bicyclic) bond motifs is 1. The summed E-state index contributed by atoms with van der Waals surface area (Å²) in [6.07, 6.45) is 2.11. The molecule has 1 aromatic carbocycles. The van der Waals surface area contributed by atoms with E-state index in [9.17, 15) is 9.90 Å². The number of thiol groups is 1. The van der Waals surface area contributed by atoms with Crippen LogP contribution in [0.2, 0.25) is 0 Å². The lowest BCUT2D eigenvalue weighted by Gasteiger charge is -2.07. The van der Waals surface area contributed by atoms with Gasteiger partial charge in [0.05, 0.1) is 0 Å². The highest BCUT2D eigenvalue weighted by Crippen LogP contribution is 2.48. The van der Waals surface area contributed by atoms with Gasteiger partial charge < -0.3 is 5.11 Å². The molecule has 14 heavy (non-hydrogen) atoms. The van der Waals surface area contributed by atoms with Crippen molar-refractivity contribution >= 4 is 22.3 Å². The summed E-state index contributed by atoms with van der Waals surface area (Å²) in [6, 6.07) is 5.26. The minimum Gasteiger partial charge on any atom is -0.508 e. The highest BCUT2D eigenvalue weighted by molar-refractivity contribution is 8.19. The second-order valence-electron chi connectivity index (χ2n) is 3.41. The van der Waals surface area contributed by atoms with Crippen LogP contribution in [0.25, 0.3) is 5.57 Å². The minimum absolute atomic E-state index is 0.0729. The molecule has 0 fully saturated rings. The number of phenolic OH excluding ortho intramolecular Hbond substituents is 1. The molecule has 1 unspecified atom stereocenters. The number of Topliss-reactive ketones (excluding diaryl/α,β-unsaturated/α-hetero) is 1. The lowest BCUT2D eigenvalue weighted by molar-refractivity contribution is -0.111. The lowest BCUT2D eigenvalue weighted by atomic mass is 10.0. The van der Waals surface area contributed by atoms with Gasteiger partial charge in [-0.05, 0) is 41.7 Å². The van der Waals surface area contributed by atoms with Gasteiger partial charge in [-0.25, -0.2) is 10.9 Å². The van der Waals surface area contributed by atoms with Gasteiger partial charge in [0.25, 0.3) is 0 Å². The number of allylic oxidation sites excluding steroid dienone is 1. The first-order chi connectivity index (χ1) is 6.59. The summed E-state index contributed by atoms with van der Waals surface area (Å²) >= 11 is 0. The van der Waals surface area contributed by atoms with E-state index >= 15 is 0 Å². The Balaban J connectivity index is 2.60. The van der Waals surface area contributed by atoms with Gasteiger partial charge in [0.1, 0.15) is 5.75 Å². The zero-order valence-electron chi connectivity index (χ0n) is 8.11. The third-order valence-electron chi connectivity index (χ3n) is 2.35. The van der Waals surface area contributed by atoms with E-state index in [0.717, 1.165) is 11.1 Å². The summed E-state index contributed by atoms with van der Waals surface area (Å²) in [7, 11) is -0.359. The molecule has 3 heteroatoms. The molecule has 0 saturated heterocycles. The van der Waals surface area contributed by atoms with Gasteiger partial charge in [-0.1, -0.05) is 0 Å². The van der Waals surface area contributed by atoms with Gasteiger partial charge in [-0.15, -0.1) is 0 Å². The van der Waals surface area contributed by atoms with Crippen LogP contribution in [0.5, 0.6) is 5.75 Å². The zero-order valence-corrected chi connectivity index (χ0v) is 9.01. The molecule has 0 spiro atoms. The van der Waals surface area contributed by atoms with Crippen molar-refractivity contribution in [1.82, 2.24) is 0 Å². The summed E-state index contributed by atoms with van der Waals surface area (Å²) in [4.78, 5) is 12.5. The first kappa shape index (κ1) is 9.34. The van der Waals surface area contributed by atoms with Crippen molar-refractivity contribution in [3.05, 3.63) is 29.2 Å². The minimum atomic E-state index is -0.359. The fourth-order valence-electron chi connectivity index (χ4n) is 1.66. The largest absolute Gasteiger partial charge is 0.508 e. The Morgan fingerprint density at radius 2 is 2.14 bits per heavy atom. The summed E-state index contributed by atoms with van der Waals surface area (Å²) in [5.41, 5.74) is 1.66. The van der Waals surface area contributed by atoms with E-state index in [1.807, 2.05) is 11.5 Å². The molecule has 1 aromatic rings. The highest BCUT2D eigenvalue weighted by Gasteiger charge is 2.21. The first-order valence-corrected chi connectivity index (χ1v) is 6.24. The number of carbonyl (C=O) groups is 1. The van der Waals surface area contributed by atoms with Crippen LogP contribution in [0.3, 0.4) is 0 Å². The molecule has 1 atom stereocenters. The second-order valence-corrected chi connectivity index (χ2v) is 5.37. The summed E-state index contributed by atoms with van der Waals surface area (Å²) in [5.74, 6) is 0.296. The van der Waals surface area contributed by atoms with Gasteiger partial charge >= 0.3 is 0 Å². The number of rotatable bonds is 1. The van der Waals surface area contributed by atoms with E-state index in [0.29, 0.717) is 0 Å². The summed E-state index contributed by atoms with van der Waals surface area (Å²) in [6.45, 7) is 1.56. The van der Waals surface area contributed by atoms with E-state index in [1.54, 1.807) is 19.1 Å². The van der Waals surface area contributed by atoms with Crippen molar-refractivity contribution in [3.63, 3.8) is 0 Å². The van der Waals surface area contributed by atoms with Gasteiger partial charge in [0.2, 0.25) is 0 Å². The predicted octanol–water partition coefficient (Wildman–Crippen LogP) is 2.33. The number of phenols is 1. The fourth-order valence-corrected chi connectivity index (χ4v) is 3.38. The fraction of sp³-hybridized carbons (Fsp3) is 0.182. The molecule has 1 heterocycles. The normalized spacial score (nSPS) is 21.6. The lowest BCUT2D eigenvalue weighted by Crippen LogP contribution is -1.93. The van der Waals surface area contributed by atoms with E-state index in [-0.39, 0.29) is 22.4 Å². The zero-order chi connectivity index (χ0) is 10.3. The van der Waals surface area contributed by atoms with Crippen molar-refractivity contribution in [1.29, 1.82) is 0 Å². The first-order valence-electron chi connectivity index (χ1n) is 4.38. The average Bonchev–Trinajstić information content (AvgIpc) is 2.43. The van der Waals surface area contributed by atoms with E-state index in [2.05, 4.69) is 6.26 Å². The third-order valence-corrected chi connectivity index (χ3v) is 4.15. The van der Waals surface area contributed by atoms with Crippen LogP contribution >= 0.6 is 10.9 Å². The van der Waals surface area contributed by atoms with Gasteiger partial charge in [0, 0.05) is 11.1 Å². The van der Waals surface area contributed by atoms with Crippen LogP contribution in [0.15, 0.2) is 28.5 Å². The molecule has 2 rings (SSSR count). The Labute approximate surface area is 85.6 Å². The predicted molar refractivity (Wildman–Crippen MR) is 59.9 cm³/mol. The molecular formula is C11H12O2S. The quantitative estimate of drug-likeness (QED) is 0.695. The molecule has 1 aliphatic rings. The molecule has 0 aliphatic carbocycles. The maximum Gasteiger partial charge on any atom is 0.160 e. The maximum atomic E-state index is 11.3. The van der Waals surface area contributed by atoms with Crippen LogP contribution in [-0.4, -0.2) is 17.1 Å². The molecule has 2 nitrogen and oxygen atoms in total. The Morgan fingerprint density at radius 1 is 1.43 bits per heavy atom. The van der Waals surface area contributed by atoms with Crippen LogP contribution in [0, 0.1) is 0 Å². The standard InChI is InChI=1S/C11H12O2S/c1-7(12)10-6-14(2)11-4-3-8(13)5-9(10)11/h3-6,13-14H,1-2H3. The number of hydrogen-bond acceptors (Lipinski definition) is 2. The molecule has 0 amide bonds. The number of hydrogen-bond donors (Lipinski definition) is 2. The van der Waals surface area contributed by atoms with Gasteiger partial charge in [0.15, 0.2) is 5.78 Å². The van der Waals surface area contributed by atoms with Gasteiger partial charge in [-0.2, -0.15) is 0 Å². The maximum absolute atomic E-state index is 11.3. The average molecular weight is 208 g/mol. The number of benzene rings is 1. The Hall–Kier alpha value is -1.22. The SMILES string of the molecule is CC(=O)C1=C[SH](C)c2ccc(O)cc21. The van der Waals surface area contributed by atoms with E-state index in [4.69, 9.17) is 0 Å². The van der Waals surface area contributed by atoms with Crippen molar-refractivity contribution in [2.24, 2.45) is 0 Å². The Morgan fingerprint density at radius 3 is 2.79 bits per heavy atom. The summed E-state index contributed by atoms with van der Waals surface area (Å²) < 4.78 is 0. The molecule has 0 bridgehead atoms. The van der Waals surface area contributed by atoms with Crippen molar-refractivity contribution < 1.29 is 9.90 Å². The number of ketones is 1. The van der Waals surface area contributed by atoms with Crippen LogP contribution < -0.4 is 0 Å². The Kier molecular flexibility index (Phi) is 2.11. The van der Waals surface area contributed by atoms with E-state index in [1.165, 1.54) is 4.90 Å². The molecule has 1 N–H and O–H groups in total.